The molecule has 2 aromatic carbocycles. The summed E-state index contributed by atoms with van der Waals surface area (Å²) >= 11 is 3.45. The lowest BCUT2D eigenvalue weighted by Gasteiger charge is -2.15. The molecule has 0 saturated heterocycles. The zero-order chi connectivity index (χ0) is 21.0. The Morgan fingerprint density at radius 2 is 1.97 bits per heavy atom. The Kier molecular flexibility index (Phi) is 6.59. The zero-order valence-electron chi connectivity index (χ0n) is 16.2. The Hall–Kier alpha value is -2.80. The molecule has 0 saturated carbocycles. The molecule has 3 aromatic rings. The SMILES string of the molecule is CC(C)c1ccc(OCC(=O)NC(Cc2c[nH]c3ccccc23)C(=O)O)c(Br)c1. The summed E-state index contributed by atoms with van der Waals surface area (Å²) in [5, 5.41) is 13.0. The van der Waals surface area contributed by atoms with Crippen LogP contribution in [0, 0.1) is 0 Å². The maximum absolute atomic E-state index is 12.3. The van der Waals surface area contributed by atoms with Gasteiger partial charge in [-0.15, -0.1) is 0 Å². The van der Waals surface area contributed by atoms with Crippen LogP contribution < -0.4 is 10.1 Å². The third-order valence-electron chi connectivity index (χ3n) is 4.71. The maximum Gasteiger partial charge on any atom is 0.326 e. The maximum atomic E-state index is 12.3. The van der Waals surface area contributed by atoms with Crippen molar-refractivity contribution >= 4 is 38.7 Å². The molecule has 152 valence electrons. The van der Waals surface area contributed by atoms with Crippen LogP contribution in [0.15, 0.2) is 53.1 Å². The number of hydrogen-bond acceptors (Lipinski definition) is 3. The van der Waals surface area contributed by atoms with E-state index in [1.807, 2.05) is 36.4 Å². The number of aromatic amines is 1. The summed E-state index contributed by atoms with van der Waals surface area (Å²) in [6.07, 6.45) is 1.95. The fraction of sp³-hybridized carbons (Fsp3) is 0.273. The topological polar surface area (TPSA) is 91.4 Å². The largest absolute Gasteiger partial charge is 0.483 e. The molecule has 3 N–H and O–H groups in total. The van der Waals surface area contributed by atoms with Crippen LogP contribution in [0.4, 0.5) is 0 Å². The second kappa shape index (κ2) is 9.13. The summed E-state index contributed by atoms with van der Waals surface area (Å²) in [5.41, 5.74) is 2.91. The lowest BCUT2D eigenvalue weighted by Crippen LogP contribution is -2.44. The minimum Gasteiger partial charge on any atom is -0.483 e. The van der Waals surface area contributed by atoms with Crippen molar-refractivity contribution in [3.05, 3.63) is 64.3 Å². The third-order valence-corrected chi connectivity index (χ3v) is 5.33. The summed E-state index contributed by atoms with van der Waals surface area (Å²) in [5.74, 6) is -0.666. The first kappa shape index (κ1) is 20.9. The van der Waals surface area contributed by atoms with Crippen molar-refractivity contribution in [1.82, 2.24) is 10.3 Å². The number of amides is 1. The molecule has 3 rings (SSSR count). The lowest BCUT2D eigenvalue weighted by atomic mass is 10.0. The second-order valence-electron chi connectivity index (χ2n) is 7.16. The van der Waals surface area contributed by atoms with Crippen LogP contribution in [0.25, 0.3) is 10.9 Å². The number of carboxylic acid groups (broad SMARTS) is 1. The minimum atomic E-state index is -1.09. The van der Waals surface area contributed by atoms with E-state index in [4.69, 9.17) is 4.74 Å². The van der Waals surface area contributed by atoms with Crippen LogP contribution in [0.3, 0.4) is 0 Å². The minimum absolute atomic E-state index is 0.178. The van der Waals surface area contributed by atoms with E-state index in [-0.39, 0.29) is 13.0 Å². The van der Waals surface area contributed by atoms with Gasteiger partial charge < -0.3 is 20.1 Å². The zero-order valence-corrected chi connectivity index (χ0v) is 17.8. The molecular formula is C22H23BrN2O4. The number of H-pyrrole nitrogens is 1. The fourth-order valence-electron chi connectivity index (χ4n) is 3.09. The van der Waals surface area contributed by atoms with Crippen molar-refractivity contribution < 1.29 is 19.4 Å². The normalized spacial score (nSPS) is 12.1. The van der Waals surface area contributed by atoms with Crippen molar-refractivity contribution in [2.24, 2.45) is 0 Å². The van der Waals surface area contributed by atoms with Gasteiger partial charge in [0.2, 0.25) is 0 Å². The molecule has 0 spiro atoms. The van der Waals surface area contributed by atoms with E-state index in [1.165, 1.54) is 0 Å². The molecule has 0 bridgehead atoms. The van der Waals surface area contributed by atoms with Crippen molar-refractivity contribution in [3.63, 3.8) is 0 Å². The van der Waals surface area contributed by atoms with Crippen LogP contribution in [-0.2, 0) is 16.0 Å². The van der Waals surface area contributed by atoms with Crippen LogP contribution in [0.1, 0.15) is 30.9 Å². The summed E-state index contributed by atoms with van der Waals surface area (Å²) in [6, 6.07) is 12.3. The van der Waals surface area contributed by atoms with Gasteiger partial charge in [-0.2, -0.15) is 0 Å². The average molecular weight is 459 g/mol. The Labute approximate surface area is 177 Å². The Balaban J connectivity index is 1.62. The number of carbonyl (C=O) groups excluding carboxylic acids is 1. The predicted molar refractivity (Wildman–Crippen MR) is 115 cm³/mol. The molecule has 0 aliphatic heterocycles. The number of rotatable bonds is 8. The van der Waals surface area contributed by atoms with E-state index in [2.05, 4.69) is 40.1 Å². The highest BCUT2D eigenvalue weighted by molar-refractivity contribution is 9.10. The number of nitrogens with one attached hydrogen (secondary N) is 2. The molecule has 29 heavy (non-hydrogen) atoms. The molecule has 1 unspecified atom stereocenters. The fourth-order valence-corrected chi connectivity index (χ4v) is 3.60. The van der Waals surface area contributed by atoms with Crippen molar-refractivity contribution in [3.8, 4) is 5.75 Å². The van der Waals surface area contributed by atoms with E-state index < -0.39 is 17.9 Å². The molecule has 1 heterocycles. The summed E-state index contributed by atoms with van der Waals surface area (Å²) in [6.45, 7) is 3.92. The van der Waals surface area contributed by atoms with Crippen LogP contribution in [-0.4, -0.2) is 34.6 Å². The molecule has 0 fully saturated rings. The van der Waals surface area contributed by atoms with Gasteiger partial charge >= 0.3 is 5.97 Å². The Bertz CT molecular complexity index is 1030. The van der Waals surface area contributed by atoms with E-state index in [0.717, 1.165) is 26.5 Å². The quantitative estimate of drug-likeness (QED) is 0.470. The van der Waals surface area contributed by atoms with Gasteiger partial charge in [0.05, 0.1) is 4.47 Å². The first-order chi connectivity index (χ1) is 13.8. The van der Waals surface area contributed by atoms with Gasteiger partial charge in [-0.3, -0.25) is 4.79 Å². The third kappa shape index (κ3) is 5.17. The number of para-hydroxylation sites is 1. The second-order valence-corrected chi connectivity index (χ2v) is 8.01. The average Bonchev–Trinajstić information content (AvgIpc) is 3.09. The van der Waals surface area contributed by atoms with Gasteiger partial charge in [-0.05, 0) is 51.2 Å². The molecule has 1 aromatic heterocycles. The molecule has 0 aliphatic rings. The smallest absolute Gasteiger partial charge is 0.326 e. The van der Waals surface area contributed by atoms with Crippen LogP contribution >= 0.6 is 15.9 Å². The number of aliphatic carboxylic acids is 1. The summed E-state index contributed by atoms with van der Waals surface area (Å²) in [4.78, 5) is 27.1. The molecule has 7 heteroatoms. The van der Waals surface area contributed by atoms with Gasteiger partial charge in [0.1, 0.15) is 11.8 Å². The van der Waals surface area contributed by atoms with E-state index in [0.29, 0.717) is 11.7 Å². The van der Waals surface area contributed by atoms with Gasteiger partial charge in [0.15, 0.2) is 6.61 Å². The van der Waals surface area contributed by atoms with Crippen molar-refractivity contribution in [1.29, 1.82) is 0 Å². The number of ether oxygens (including phenoxy) is 1. The number of benzene rings is 2. The van der Waals surface area contributed by atoms with E-state index >= 15 is 0 Å². The number of halogens is 1. The number of hydrogen-bond donors (Lipinski definition) is 3. The lowest BCUT2D eigenvalue weighted by molar-refractivity contribution is -0.142. The van der Waals surface area contributed by atoms with Gasteiger partial charge in [-0.1, -0.05) is 38.1 Å². The van der Waals surface area contributed by atoms with Crippen molar-refractivity contribution in [2.75, 3.05) is 6.61 Å². The highest BCUT2D eigenvalue weighted by Gasteiger charge is 2.22. The number of fused-ring (bicyclic) bond motifs is 1. The molecule has 1 amide bonds. The predicted octanol–water partition coefficient (Wildman–Crippen LogP) is 4.24. The van der Waals surface area contributed by atoms with Gasteiger partial charge in [0.25, 0.3) is 5.91 Å². The highest BCUT2D eigenvalue weighted by atomic mass is 79.9. The van der Waals surface area contributed by atoms with Gasteiger partial charge in [0, 0.05) is 23.5 Å². The number of carboxylic acids is 1. The van der Waals surface area contributed by atoms with Crippen molar-refractivity contribution in [2.45, 2.75) is 32.2 Å². The highest BCUT2D eigenvalue weighted by Crippen LogP contribution is 2.28. The monoisotopic (exact) mass is 458 g/mol. The van der Waals surface area contributed by atoms with Crippen LogP contribution in [0.2, 0.25) is 0 Å². The summed E-state index contributed by atoms with van der Waals surface area (Å²) < 4.78 is 6.32. The molecule has 6 nitrogen and oxygen atoms in total. The molecule has 0 aliphatic carbocycles. The molecular weight excluding hydrogens is 436 g/mol. The van der Waals surface area contributed by atoms with Crippen LogP contribution in [0.5, 0.6) is 5.75 Å². The first-order valence-corrected chi connectivity index (χ1v) is 10.1. The Morgan fingerprint density at radius 3 is 2.66 bits per heavy atom. The molecule has 0 radical (unpaired) electrons. The standard InChI is InChI=1S/C22H23BrN2O4/c1-13(2)14-7-8-20(17(23)9-14)29-12-21(26)25-19(22(27)28)10-15-11-24-18-6-4-3-5-16(15)18/h3-9,11,13,19,24H,10,12H2,1-2H3,(H,25,26)(H,27,28). The first-order valence-electron chi connectivity index (χ1n) is 9.34. The Morgan fingerprint density at radius 1 is 1.21 bits per heavy atom. The number of aromatic nitrogens is 1. The van der Waals surface area contributed by atoms with E-state index in [9.17, 15) is 14.7 Å². The van der Waals surface area contributed by atoms with Gasteiger partial charge in [-0.25, -0.2) is 4.79 Å². The van der Waals surface area contributed by atoms with E-state index in [1.54, 1.807) is 12.3 Å². The number of carbonyl (C=O) groups is 2. The summed E-state index contributed by atoms with van der Waals surface area (Å²) in [7, 11) is 0. The molecule has 1 atom stereocenters.